The SMILES string of the molecule is CC(C)C1CCSC(Nc2ccc(Br)cc2Br)=N1. The van der Waals surface area contributed by atoms with Crippen LogP contribution in [0.3, 0.4) is 0 Å². The molecule has 1 heterocycles. The number of rotatable bonds is 2. The van der Waals surface area contributed by atoms with Crippen LogP contribution in [0.1, 0.15) is 20.3 Å². The van der Waals surface area contributed by atoms with Gasteiger partial charge in [-0.15, -0.1) is 0 Å². The Balaban J connectivity index is 2.13. The molecule has 1 unspecified atom stereocenters. The van der Waals surface area contributed by atoms with Crippen molar-refractivity contribution in [2.24, 2.45) is 10.9 Å². The van der Waals surface area contributed by atoms with Crippen LogP contribution in [0.25, 0.3) is 0 Å². The van der Waals surface area contributed by atoms with Gasteiger partial charge in [0.05, 0.1) is 11.7 Å². The molecule has 0 saturated heterocycles. The summed E-state index contributed by atoms with van der Waals surface area (Å²) in [5.41, 5.74) is 1.06. The van der Waals surface area contributed by atoms with Crippen LogP contribution < -0.4 is 5.32 Å². The van der Waals surface area contributed by atoms with Crippen LogP contribution in [0.5, 0.6) is 0 Å². The summed E-state index contributed by atoms with van der Waals surface area (Å²) in [5.74, 6) is 1.75. The second kappa shape index (κ2) is 6.44. The third kappa shape index (κ3) is 3.75. The fourth-order valence-electron chi connectivity index (χ4n) is 1.79. The molecule has 2 rings (SSSR count). The molecular formula is C13H16Br2N2S. The number of benzene rings is 1. The molecule has 1 aliphatic heterocycles. The van der Waals surface area contributed by atoms with Crippen molar-refractivity contribution in [1.82, 2.24) is 0 Å². The predicted octanol–water partition coefficient (Wildman–Crippen LogP) is 5.14. The van der Waals surface area contributed by atoms with Crippen LogP contribution in [0, 0.1) is 5.92 Å². The third-order valence-corrected chi connectivity index (χ3v) is 4.95. The van der Waals surface area contributed by atoms with Crippen molar-refractivity contribution in [2.45, 2.75) is 26.3 Å². The van der Waals surface area contributed by atoms with Gasteiger partial charge in [0.25, 0.3) is 0 Å². The lowest BCUT2D eigenvalue weighted by molar-refractivity contribution is 0.485. The number of thioether (sulfide) groups is 1. The van der Waals surface area contributed by atoms with Crippen molar-refractivity contribution in [3.05, 3.63) is 27.1 Å². The van der Waals surface area contributed by atoms with Gasteiger partial charge in [0.1, 0.15) is 0 Å². The topological polar surface area (TPSA) is 24.4 Å². The van der Waals surface area contributed by atoms with Gasteiger partial charge in [0.15, 0.2) is 5.17 Å². The Morgan fingerprint density at radius 1 is 1.39 bits per heavy atom. The summed E-state index contributed by atoms with van der Waals surface area (Å²) in [7, 11) is 0. The van der Waals surface area contributed by atoms with Gasteiger partial charge in [-0.2, -0.15) is 0 Å². The Morgan fingerprint density at radius 2 is 2.17 bits per heavy atom. The Hall–Kier alpha value is -0.0000000000000000555. The van der Waals surface area contributed by atoms with E-state index in [0.29, 0.717) is 12.0 Å². The lowest BCUT2D eigenvalue weighted by atomic mass is 10.0. The van der Waals surface area contributed by atoms with Gasteiger partial charge in [-0.05, 0) is 46.5 Å². The standard InChI is InChI=1S/C13H16Br2N2S/c1-8(2)11-5-6-18-13(16-11)17-12-4-3-9(14)7-10(12)15/h3-4,7-8,11H,5-6H2,1-2H3,(H,16,17). The van der Waals surface area contributed by atoms with Crippen LogP contribution in [-0.4, -0.2) is 17.0 Å². The van der Waals surface area contributed by atoms with E-state index < -0.39 is 0 Å². The number of nitrogens with one attached hydrogen (secondary N) is 1. The number of aliphatic imine (C=N–C) groups is 1. The monoisotopic (exact) mass is 390 g/mol. The molecule has 1 N–H and O–H groups in total. The van der Waals surface area contributed by atoms with Gasteiger partial charge in [0.2, 0.25) is 0 Å². The maximum atomic E-state index is 4.78. The lowest BCUT2D eigenvalue weighted by Gasteiger charge is -2.23. The van der Waals surface area contributed by atoms with Gasteiger partial charge >= 0.3 is 0 Å². The molecule has 18 heavy (non-hydrogen) atoms. The first kappa shape index (κ1) is 14.4. The van der Waals surface area contributed by atoms with E-state index >= 15 is 0 Å². The summed E-state index contributed by atoms with van der Waals surface area (Å²) in [6, 6.07) is 6.57. The molecule has 0 saturated carbocycles. The second-order valence-electron chi connectivity index (χ2n) is 4.63. The zero-order chi connectivity index (χ0) is 13.1. The van der Waals surface area contributed by atoms with Crippen LogP contribution in [0.2, 0.25) is 0 Å². The summed E-state index contributed by atoms with van der Waals surface area (Å²) >= 11 is 8.82. The summed E-state index contributed by atoms with van der Waals surface area (Å²) in [6.07, 6.45) is 1.18. The highest BCUT2D eigenvalue weighted by molar-refractivity contribution is 9.11. The minimum atomic E-state index is 0.447. The van der Waals surface area contributed by atoms with Gasteiger partial charge in [-0.25, -0.2) is 0 Å². The number of anilines is 1. The Bertz CT molecular complexity index is 460. The Kier molecular flexibility index (Phi) is 5.15. The highest BCUT2D eigenvalue weighted by atomic mass is 79.9. The molecule has 1 atom stereocenters. The molecule has 0 aliphatic carbocycles. The normalized spacial score (nSPS) is 19.8. The maximum absolute atomic E-state index is 4.78. The summed E-state index contributed by atoms with van der Waals surface area (Å²) < 4.78 is 2.12. The molecule has 98 valence electrons. The van der Waals surface area contributed by atoms with Crippen LogP contribution >= 0.6 is 43.6 Å². The van der Waals surface area contributed by atoms with Gasteiger partial charge in [-0.3, -0.25) is 4.99 Å². The number of halogens is 2. The highest BCUT2D eigenvalue weighted by Gasteiger charge is 2.19. The molecule has 0 spiro atoms. The van der Waals surface area contributed by atoms with Gasteiger partial charge in [0, 0.05) is 14.7 Å². The molecule has 2 nitrogen and oxygen atoms in total. The summed E-state index contributed by atoms with van der Waals surface area (Å²) in [5, 5.41) is 4.44. The highest BCUT2D eigenvalue weighted by Crippen LogP contribution is 2.29. The maximum Gasteiger partial charge on any atom is 0.161 e. The Labute approximate surface area is 129 Å². The van der Waals surface area contributed by atoms with Gasteiger partial charge < -0.3 is 5.32 Å². The number of hydrogen-bond donors (Lipinski definition) is 1. The van der Waals surface area contributed by atoms with E-state index in [2.05, 4.69) is 57.1 Å². The molecule has 0 radical (unpaired) electrons. The molecule has 0 fully saturated rings. The van der Waals surface area contributed by atoms with E-state index in [1.54, 1.807) is 11.8 Å². The Morgan fingerprint density at radius 3 is 2.83 bits per heavy atom. The minimum Gasteiger partial charge on any atom is -0.334 e. The average molecular weight is 392 g/mol. The predicted molar refractivity (Wildman–Crippen MR) is 88.6 cm³/mol. The molecule has 1 aromatic carbocycles. The van der Waals surface area contributed by atoms with E-state index in [-0.39, 0.29) is 0 Å². The smallest absolute Gasteiger partial charge is 0.161 e. The second-order valence-corrected chi connectivity index (χ2v) is 7.49. The number of amidine groups is 1. The number of hydrogen-bond acceptors (Lipinski definition) is 3. The fourth-order valence-corrected chi connectivity index (χ4v) is 3.88. The minimum absolute atomic E-state index is 0.447. The fraction of sp³-hybridized carbons (Fsp3) is 0.462. The molecule has 1 aromatic rings. The van der Waals surface area contributed by atoms with E-state index in [1.807, 2.05) is 12.1 Å². The van der Waals surface area contributed by atoms with Crippen LogP contribution in [0.15, 0.2) is 32.1 Å². The van der Waals surface area contributed by atoms with Gasteiger partial charge in [-0.1, -0.05) is 41.5 Å². The zero-order valence-corrected chi connectivity index (χ0v) is 14.4. The molecule has 5 heteroatoms. The first-order chi connectivity index (χ1) is 8.56. The van der Waals surface area contributed by atoms with E-state index in [9.17, 15) is 0 Å². The third-order valence-electron chi connectivity index (χ3n) is 2.88. The largest absolute Gasteiger partial charge is 0.334 e. The van der Waals surface area contributed by atoms with E-state index in [1.165, 1.54) is 6.42 Å². The molecule has 0 aromatic heterocycles. The van der Waals surface area contributed by atoms with Crippen LogP contribution in [-0.2, 0) is 0 Å². The quantitative estimate of drug-likeness (QED) is 0.754. The lowest BCUT2D eigenvalue weighted by Crippen LogP contribution is -2.23. The average Bonchev–Trinajstić information content (AvgIpc) is 2.33. The van der Waals surface area contributed by atoms with Crippen molar-refractivity contribution in [1.29, 1.82) is 0 Å². The first-order valence-electron chi connectivity index (χ1n) is 5.99. The van der Waals surface area contributed by atoms with E-state index in [0.717, 1.165) is 25.6 Å². The number of nitrogens with zero attached hydrogens (tertiary/aromatic N) is 1. The zero-order valence-electron chi connectivity index (χ0n) is 10.4. The molecule has 1 aliphatic rings. The van der Waals surface area contributed by atoms with Crippen molar-refractivity contribution < 1.29 is 0 Å². The van der Waals surface area contributed by atoms with Crippen molar-refractivity contribution in [3.63, 3.8) is 0 Å². The van der Waals surface area contributed by atoms with Crippen LogP contribution in [0.4, 0.5) is 5.69 Å². The van der Waals surface area contributed by atoms with E-state index in [4.69, 9.17) is 4.99 Å². The van der Waals surface area contributed by atoms with Crippen molar-refractivity contribution in [2.75, 3.05) is 11.1 Å². The van der Waals surface area contributed by atoms with Crippen molar-refractivity contribution in [3.8, 4) is 0 Å². The molecule has 0 bridgehead atoms. The first-order valence-corrected chi connectivity index (χ1v) is 8.56. The van der Waals surface area contributed by atoms with Crippen molar-refractivity contribution >= 4 is 54.5 Å². The molecule has 0 amide bonds. The summed E-state index contributed by atoms with van der Waals surface area (Å²) in [6.45, 7) is 4.47. The molecular weight excluding hydrogens is 376 g/mol. The summed E-state index contributed by atoms with van der Waals surface area (Å²) in [4.78, 5) is 4.78.